The van der Waals surface area contributed by atoms with Gasteiger partial charge in [0.05, 0.1) is 0 Å². The van der Waals surface area contributed by atoms with Crippen molar-refractivity contribution < 1.29 is 0 Å². The molecule has 0 aromatic heterocycles. The molecule has 0 aliphatic heterocycles. The summed E-state index contributed by atoms with van der Waals surface area (Å²) >= 11 is 0. The topological polar surface area (TPSA) is 35.8 Å². The molecule has 3 aromatic rings. The van der Waals surface area contributed by atoms with Gasteiger partial charge in [0.1, 0.15) is 6.07 Å². The van der Waals surface area contributed by atoms with E-state index in [9.17, 15) is 5.26 Å². The van der Waals surface area contributed by atoms with E-state index in [1.165, 1.54) is 0 Å². The fraction of sp³-hybridized carbons (Fsp3) is 0.0500. The van der Waals surface area contributed by atoms with Crippen molar-refractivity contribution in [3.8, 4) is 6.07 Å². The van der Waals surface area contributed by atoms with E-state index in [0.29, 0.717) is 0 Å². The summed E-state index contributed by atoms with van der Waals surface area (Å²) in [6.45, 7) is 0. The summed E-state index contributed by atoms with van der Waals surface area (Å²) in [5, 5.41) is 13.4. The third kappa shape index (κ3) is 2.57. The van der Waals surface area contributed by atoms with E-state index in [-0.39, 0.29) is 0 Å². The minimum Gasteiger partial charge on any atom is -0.360 e. The average Bonchev–Trinajstić information content (AvgIpc) is 2.62. The number of nitrogens with zero attached hydrogens (tertiary/aromatic N) is 1. The van der Waals surface area contributed by atoms with Crippen LogP contribution in [0.5, 0.6) is 0 Å². The molecule has 3 aromatic carbocycles. The highest BCUT2D eigenvalue weighted by Gasteiger charge is 2.34. The van der Waals surface area contributed by atoms with Gasteiger partial charge in [-0.15, -0.1) is 0 Å². The van der Waals surface area contributed by atoms with E-state index in [1.807, 2.05) is 91.0 Å². The predicted octanol–water partition coefficient (Wildman–Crippen LogP) is 4.57. The predicted molar refractivity (Wildman–Crippen MR) is 89.3 cm³/mol. The fourth-order valence-corrected chi connectivity index (χ4v) is 2.58. The van der Waals surface area contributed by atoms with Gasteiger partial charge in [0.15, 0.2) is 5.54 Å². The van der Waals surface area contributed by atoms with Crippen molar-refractivity contribution in [2.75, 3.05) is 5.32 Å². The molecule has 0 aliphatic carbocycles. The van der Waals surface area contributed by atoms with Crippen molar-refractivity contribution in [1.29, 1.82) is 5.26 Å². The number of hydrogen-bond acceptors (Lipinski definition) is 2. The smallest absolute Gasteiger partial charge is 0.176 e. The van der Waals surface area contributed by atoms with Crippen LogP contribution in [-0.4, -0.2) is 0 Å². The van der Waals surface area contributed by atoms with Gasteiger partial charge in [0.25, 0.3) is 0 Å². The Balaban J connectivity index is 2.16. The van der Waals surface area contributed by atoms with Crippen molar-refractivity contribution in [1.82, 2.24) is 0 Å². The maximum absolute atomic E-state index is 10.0. The molecule has 1 N–H and O–H groups in total. The van der Waals surface area contributed by atoms with Crippen LogP contribution in [0.15, 0.2) is 91.0 Å². The molecular formula is C20H16N2. The highest BCUT2D eigenvalue weighted by atomic mass is 15.0. The summed E-state index contributed by atoms with van der Waals surface area (Å²) in [6, 6.07) is 32.0. The lowest BCUT2D eigenvalue weighted by molar-refractivity contribution is 0.760. The first-order valence-corrected chi connectivity index (χ1v) is 7.21. The number of anilines is 1. The SMILES string of the molecule is N#CC(Nc1ccccc1)(c1ccccc1)c1ccccc1. The molecule has 0 heterocycles. The van der Waals surface area contributed by atoms with Crippen LogP contribution in [0.25, 0.3) is 0 Å². The Morgan fingerprint density at radius 3 is 1.45 bits per heavy atom. The Morgan fingerprint density at radius 1 is 0.636 bits per heavy atom. The van der Waals surface area contributed by atoms with Crippen molar-refractivity contribution >= 4 is 5.69 Å². The number of para-hydroxylation sites is 1. The monoisotopic (exact) mass is 284 g/mol. The molecule has 0 spiro atoms. The molecule has 0 unspecified atom stereocenters. The van der Waals surface area contributed by atoms with Crippen LogP contribution >= 0.6 is 0 Å². The lowest BCUT2D eigenvalue weighted by atomic mass is 9.83. The standard InChI is InChI=1S/C20H16N2/c21-16-20(17-10-4-1-5-11-17,18-12-6-2-7-13-18)22-19-14-8-3-9-15-19/h1-15,22H. The molecule has 22 heavy (non-hydrogen) atoms. The Labute approximate surface area is 130 Å². The second-order valence-electron chi connectivity index (χ2n) is 5.08. The molecule has 0 aliphatic rings. The van der Waals surface area contributed by atoms with Crippen molar-refractivity contribution in [2.24, 2.45) is 0 Å². The fourth-order valence-electron chi connectivity index (χ4n) is 2.58. The quantitative estimate of drug-likeness (QED) is 0.762. The van der Waals surface area contributed by atoms with E-state index < -0.39 is 5.54 Å². The van der Waals surface area contributed by atoms with Crippen molar-refractivity contribution in [2.45, 2.75) is 5.54 Å². The highest BCUT2D eigenvalue weighted by Crippen LogP contribution is 2.33. The van der Waals surface area contributed by atoms with Gasteiger partial charge in [0.2, 0.25) is 0 Å². The van der Waals surface area contributed by atoms with E-state index >= 15 is 0 Å². The minimum atomic E-state index is -0.913. The van der Waals surface area contributed by atoms with Crippen molar-refractivity contribution in [3.63, 3.8) is 0 Å². The van der Waals surface area contributed by atoms with E-state index in [4.69, 9.17) is 0 Å². The summed E-state index contributed by atoms with van der Waals surface area (Å²) in [6.07, 6.45) is 0. The van der Waals surface area contributed by atoms with Gasteiger partial charge in [-0.25, -0.2) is 0 Å². The van der Waals surface area contributed by atoms with E-state index in [2.05, 4.69) is 11.4 Å². The van der Waals surface area contributed by atoms with Gasteiger partial charge in [0, 0.05) is 5.69 Å². The Bertz CT molecular complexity index is 720. The summed E-state index contributed by atoms with van der Waals surface area (Å²) in [5.74, 6) is 0. The van der Waals surface area contributed by atoms with Gasteiger partial charge in [-0.05, 0) is 23.3 Å². The Hall–Kier alpha value is -3.05. The second-order valence-corrected chi connectivity index (χ2v) is 5.08. The molecule has 0 amide bonds. The normalized spacial score (nSPS) is 10.7. The van der Waals surface area contributed by atoms with Crippen LogP contribution in [0.4, 0.5) is 5.69 Å². The van der Waals surface area contributed by atoms with Gasteiger partial charge in [-0.1, -0.05) is 78.9 Å². The number of rotatable bonds is 4. The Kier molecular flexibility index (Phi) is 3.89. The number of benzene rings is 3. The zero-order valence-electron chi connectivity index (χ0n) is 12.1. The first kappa shape index (κ1) is 13.9. The van der Waals surface area contributed by atoms with Crippen LogP contribution < -0.4 is 5.32 Å². The molecule has 3 rings (SSSR count). The zero-order chi connectivity index (χ0) is 15.3. The first-order valence-electron chi connectivity index (χ1n) is 7.21. The maximum Gasteiger partial charge on any atom is 0.176 e. The van der Waals surface area contributed by atoms with Gasteiger partial charge in [-0.2, -0.15) is 5.26 Å². The molecule has 0 saturated heterocycles. The largest absolute Gasteiger partial charge is 0.360 e. The van der Waals surface area contributed by atoms with Crippen LogP contribution in [0.3, 0.4) is 0 Å². The first-order chi connectivity index (χ1) is 10.8. The van der Waals surface area contributed by atoms with Crippen LogP contribution in [0, 0.1) is 11.3 Å². The summed E-state index contributed by atoms with van der Waals surface area (Å²) in [5.41, 5.74) is 1.85. The molecule has 0 fully saturated rings. The molecule has 0 bridgehead atoms. The lowest BCUT2D eigenvalue weighted by Crippen LogP contribution is -2.35. The average molecular weight is 284 g/mol. The van der Waals surface area contributed by atoms with E-state index in [1.54, 1.807) is 0 Å². The van der Waals surface area contributed by atoms with Gasteiger partial charge >= 0.3 is 0 Å². The van der Waals surface area contributed by atoms with Crippen LogP contribution in [0.1, 0.15) is 11.1 Å². The van der Waals surface area contributed by atoms with Gasteiger partial charge < -0.3 is 5.32 Å². The maximum atomic E-state index is 10.0. The van der Waals surface area contributed by atoms with Crippen LogP contribution in [0.2, 0.25) is 0 Å². The molecule has 0 atom stereocenters. The third-order valence-corrected chi connectivity index (χ3v) is 3.69. The van der Waals surface area contributed by atoms with E-state index in [0.717, 1.165) is 16.8 Å². The Morgan fingerprint density at radius 2 is 1.05 bits per heavy atom. The molecule has 2 heteroatoms. The molecule has 0 radical (unpaired) electrons. The third-order valence-electron chi connectivity index (χ3n) is 3.69. The summed E-state index contributed by atoms with van der Waals surface area (Å²) in [7, 11) is 0. The number of nitriles is 1. The second kappa shape index (κ2) is 6.15. The highest BCUT2D eigenvalue weighted by molar-refractivity contribution is 5.57. The number of hydrogen-bond donors (Lipinski definition) is 1. The molecule has 2 nitrogen and oxygen atoms in total. The molecular weight excluding hydrogens is 268 g/mol. The molecule has 0 saturated carbocycles. The number of nitrogens with one attached hydrogen (secondary N) is 1. The zero-order valence-corrected chi connectivity index (χ0v) is 12.1. The van der Waals surface area contributed by atoms with Crippen molar-refractivity contribution in [3.05, 3.63) is 102 Å². The lowest BCUT2D eigenvalue weighted by Gasteiger charge is -2.30. The van der Waals surface area contributed by atoms with Crippen LogP contribution in [-0.2, 0) is 5.54 Å². The summed E-state index contributed by atoms with van der Waals surface area (Å²) in [4.78, 5) is 0. The molecule has 106 valence electrons. The summed E-state index contributed by atoms with van der Waals surface area (Å²) < 4.78 is 0. The van der Waals surface area contributed by atoms with Gasteiger partial charge in [-0.3, -0.25) is 0 Å². The minimum absolute atomic E-state index is 0.913.